The second kappa shape index (κ2) is 6.71. The minimum absolute atomic E-state index is 0.0834. The normalized spacial score (nSPS) is 12.2. The molecule has 0 saturated heterocycles. The molecule has 0 radical (unpaired) electrons. The Balaban J connectivity index is 2.14. The third kappa shape index (κ3) is 3.49. The van der Waals surface area contributed by atoms with Crippen molar-refractivity contribution in [2.45, 2.75) is 6.92 Å². The molecule has 2 rings (SSSR count). The Kier molecular flexibility index (Phi) is 4.97. The number of rotatable bonds is 5. The standard InChI is InChI=1S/C12H14ClN5OS/c1-8(7-20-2)12(19)16-9-6-18(17-11(9)13)10-5-14-3-4-15-10/h3-6,8H,7H2,1-2H3,(H,16,19). The van der Waals surface area contributed by atoms with E-state index in [1.807, 2.05) is 13.2 Å². The zero-order valence-corrected chi connectivity index (χ0v) is 12.6. The minimum Gasteiger partial charge on any atom is -0.322 e. The molecule has 1 N–H and O–H groups in total. The molecule has 0 saturated carbocycles. The quantitative estimate of drug-likeness (QED) is 0.917. The predicted octanol–water partition coefficient (Wildman–Crippen LogP) is 2.25. The van der Waals surface area contributed by atoms with Gasteiger partial charge in [0, 0.05) is 24.1 Å². The van der Waals surface area contributed by atoms with Crippen LogP contribution in [-0.2, 0) is 4.79 Å². The predicted molar refractivity (Wildman–Crippen MR) is 80.3 cm³/mol. The molecule has 2 heterocycles. The molecule has 8 heteroatoms. The number of carbonyl (C=O) groups excluding carboxylic acids is 1. The molecule has 1 unspecified atom stereocenters. The van der Waals surface area contributed by atoms with E-state index in [1.54, 1.807) is 36.5 Å². The lowest BCUT2D eigenvalue weighted by Crippen LogP contribution is -2.21. The van der Waals surface area contributed by atoms with Crippen molar-refractivity contribution < 1.29 is 4.79 Å². The molecular weight excluding hydrogens is 298 g/mol. The van der Waals surface area contributed by atoms with E-state index < -0.39 is 0 Å². The fourth-order valence-electron chi connectivity index (χ4n) is 1.55. The van der Waals surface area contributed by atoms with Crippen LogP contribution in [0.4, 0.5) is 5.69 Å². The maximum atomic E-state index is 12.0. The number of aromatic nitrogens is 4. The van der Waals surface area contributed by atoms with Crippen molar-refractivity contribution in [1.29, 1.82) is 0 Å². The largest absolute Gasteiger partial charge is 0.322 e. The average molecular weight is 312 g/mol. The van der Waals surface area contributed by atoms with Crippen LogP contribution in [0.2, 0.25) is 5.15 Å². The summed E-state index contributed by atoms with van der Waals surface area (Å²) < 4.78 is 1.48. The van der Waals surface area contributed by atoms with E-state index in [2.05, 4.69) is 20.4 Å². The highest BCUT2D eigenvalue weighted by atomic mass is 35.5. The summed E-state index contributed by atoms with van der Waals surface area (Å²) in [4.78, 5) is 20.0. The zero-order valence-electron chi connectivity index (χ0n) is 11.1. The molecule has 106 valence electrons. The molecule has 2 aromatic rings. The molecule has 6 nitrogen and oxygen atoms in total. The van der Waals surface area contributed by atoms with Crippen molar-refractivity contribution in [3.8, 4) is 5.82 Å². The Morgan fingerprint density at radius 2 is 2.35 bits per heavy atom. The number of amides is 1. The van der Waals surface area contributed by atoms with Crippen LogP contribution in [0.25, 0.3) is 5.82 Å². The number of halogens is 1. The van der Waals surface area contributed by atoms with Gasteiger partial charge in [-0.05, 0) is 6.26 Å². The van der Waals surface area contributed by atoms with Gasteiger partial charge < -0.3 is 5.32 Å². The first-order valence-corrected chi connectivity index (χ1v) is 7.70. The number of thioether (sulfide) groups is 1. The molecular formula is C12H14ClN5OS. The highest BCUT2D eigenvalue weighted by Crippen LogP contribution is 2.22. The van der Waals surface area contributed by atoms with Gasteiger partial charge in [-0.15, -0.1) is 0 Å². The summed E-state index contributed by atoms with van der Waals surface area (Å²) in [5.74, 6) is 1.11. The minimum atomic E-state index is -0.0964. The van der Waals surface area contributed by atoms with E-state index >= 15 is 0 Å². The first-order chi connectivity index (χ1) is 9.61. The Hall–Kier alpha value is -1.60. The lowest BCUT2D eigenvalue weighted by Gasteiger charge is -2.09. The Morgan fingerprint density at radius 3 is 3.00 bits per heavy atom. The zero-order chi connectivity index (χ0) is 14.5. The van der Waals surface area contributed by atoms with Crippen LogP contribution in [-0.4, -0.2) is 37.7 Å². The first-order valence-electron chi connectivity index (χ1n) is 5.93. The number of nitrogens with zero attached hydrogens (tertiary/aromatic N) is 4. The lowest BCUT2D eigenvalue weighted by atomic mass is 10.2. The molecule has 2 aromatic heterocycles. The molecule has 0 bridgehead atoms. The van der Waals surface area contributed by atoms with Crippen molar-refractivity contribution in [1.82, 2.24) is 19.7 Å². The molecule has 0 aliphatic heterocycles. The van der Waals surface area contributed by atoms with Crippen molar-refractivity contribution in [2.24, 2.45) is 5.92 Å². The van der Waals surface area contributed by atoms with Gasteiger partial charge in [-0.3, -0.25) is 9.78 Å². The van der Waals surface area contributed by atoms with Crippen LogP contribution >= 0.6 is 23.4 Å². The van der Waals surface area contributed by atoms with E-state index in [9.17, 15) is 4.79 Å². The third-order valence-corrected chi connectivity index (χ3v) is 3.69. The molecule has 1 atom stereocenters. The van der Waals surface area contributed by atoms with Crippen LogP contribution in [0, 0.1) is 5.92 Å². The maximum Gasteiger partial charge on any atom is 0.228 e. The van der Waals surface area contributed by atoms with Gasteiger partial charge in [0.1, 0.15) is 0 Å². The topological polar surface area (TPSA) is 72.7 Å². The van der Waals surface area contributed by atoms with Crippen LogP contribution in [0.15, 0.2) is 24.8 Å². The van der Waals surface area contributed by atoms with Crippen molar-refractivity contribution >= 4 is 35.0 Å². The van der Waals surface area contributed by atoms with Crippen LogP contribution in [0.3, 0.4) is 0 Å². The number of carbonyl (C=O) groups is 1. The molecule has 0 aromatic carbocycles. The smallest absolute Gasteiger partial charge is 0.228 e. The maximum absolute atomic E-state index is 12.0. The summed E-state index contributed by atoms with van der Waals surface area (Å²) in [6, 6.07) is 0. The molecule has 0 spiro atoms. The summed E-state index contributed by atoms with van der Waals surface area (Å²) in [7, 11) is 0. The fourth-order valence-corrected chi connectivity index (χ4v) is 2.37. The lowest BCUT2D eigenvalue weighted by molar-refractivity contribution is -0.118. The van der Waals surface area contributed by atoms with Crippen molar-refractivity contribution in [3.63, 3.8) is 0 Å². The Morgan fingerprint density at radius 1 is 1.55 bits per heavy atom. The van der Waals surface area contributed by atoms with E-state index in [-0.39, 0.29) is 17.0 Å². The monoisotopic (exact) mass is 311 g/mol. The Bertz CT molecular complexity index is 589. The van der Waals surface area contributed by atoms with Gasteiger partial charge >= 0.3 is 0 Å². The number of nitrogens with one attached hydrogen (secondary N) is 1. The summed E-state index contributed by atoms with van der Waals surface area (Å²) >= 11 is 7.64. The summed E-state index contributed by atoms with van der Waals surface area (Å²) in [5, 5.41) is 7.09. The van der Waals surface area contributed by atoms with E-state index in [4.69, 9.17) is 11.6 Å². The van der Waals surface area contributed by atoms with Crippen molar-refractivity contribution in [3.05, 3.63) is 29.9 Å². The molecule has 20 heavy (non-hydrogen) atoms. The van der Waals surface area contributed by atoms with E-state index in [0.717, 1.165) is 5.75 Å². The second-order valence-electron chi connectivity index (χ2n) is 4.19. The summed E-state index contributed by atoms with van der Waals surface area (Å²) in [5.41, 5.74) is 0.468. The third-order valence-electron chi connectivity index (χ3n) is 2.58. The molecule has 0 aliphatic carbocycles. The van der Waals surface area contributed by atoms with E-state index in [1.165, 1.54) is 4.68 Å². The van der Waals surface area contributed by atoms with Crippen LogP contribution in [0.1, 0.15) is 6.92 Å². The molecule has 0 aliphatic rings. The van der Waals surface area contributed by atoms with Gasteiger partial charge in [-0.25, -0.2) is 9.67 Å². The van der Waals surface area contributed by atoms with Gasteiger partial charge in [-0.2, -0.15) is 16.9 Å². The second-order valence-corrected chi connectivity index (χ2v) is 5.46. The SMILES string of the molecule is CSCC(C)C(=O)Nc1cn(-c2cnccn2)nc1Cl. The number of hydrogen-bond acceptors (Lipinski definition) is 5. The van der Waals surface area contributed by atoms with Crippen LogP contribution < -0.4 is 5.32 Å². The first kappa shape index (κ1) is 14.8. The van der Waals surface area contributed by atoms with Gasteiger partial charge in [0.25, 0.3) is 0 Å². The van der Waals surface area contributed by atoms with Gasteiger partial charge in [0.05, 0.1) is 18.1 Å². The van der Waals surface area contributed by atoms with Gasteiger partial charge in [0.2, 0.25) is 5.91 Å². The Labute approximate surface area is 125 Å². The van der Waals surface area contributed by atoms with Crippen molar-refractivity contribution in [2.75, 3.05) is 17.3 Å². The fraction of sp³-hybridized carbons (Fsp3) is 0.333. The average Bonchev–Trinajstić information content (AvgIpc) is 2.81. The van der Waals surface area contributed by atoms with Gasteiger partial charge in [0.15, 0.2) is 11.0 Å². The summed E-state index contributed by atoms with van der Waals surface area (Å²) in [6.45, 7) is 1.87. The molecule has 1 amide bonds. The molecule has 0 fully saturated rings. The number of anilines is 1. The van der Waals surface area contributed by atoms with Gasteiger partial charge in [-0.1, -0.05) is 18.5 Å². The highest BCUT2D eigenvalue weighted by Gasteiger charge is 2.16. The van der Waals surface area contributed by atoms with E-state index in [0.29, 0.717) is 11.5 Å². The van der Waals surface area contributed by atoms with Crippen LogP contribution in [0.5, 0.6) is 0 Å². The summed E-state index contributed by atoms with van der Waals surface area (Å²) in [6.07, 6.45) is 8.27. The number of hydrogen-bond donors (Lipinski definition) is 1. The highest BCUT2D eigenvalue weighted by molar-refractivity contribution is 7.98.